The quantitative estimate of drug-likeness (QED) is 0.649. The molecule has 0 aliphatic rings. The Morgan fingerprint density at radius 2 is 1.85 bits per heavy atom. The highest BCUT2D eigenvalue weighted by Gasteiger charge is 2.20. The Kier molecular flexibility index (Phi) is 5.01. The van der Waals surface area contributed by atoms with Gasteiger partial charge in [-0.05, 0) is 30.7 Å². The van der Waals surface area contributed by atoms with Crippen molar-refractivity contribution in [3.05, 3.63) is 88.6 Å². The molecule has 130 valence electrons. The van der Waals surface area contributed by atoms with Crippen molar-refractivity contribution in [3.63, 3.8) is 0 Å². The zero-order valence-electron chi connectivity index (χ0n) is 14.2. The summed E-state index contributed by atoms with van der Waals surface area (Å²) >= 11 is 0. The summed E-state index contributed by atoms with van der Waals surface area (Å²) in [7, 11) is -3.85. The molecule has 2 aromatic carbocycles. The van der Waals surface area contributed by atoms with Gasteiger partial charge in [0.05, 0.1) is 17.6 Å². The van der Waals surface area contributed by atoms with Crippen LogP contribution in [0.3, 0.4) is 0 Å². The fourth-order valence-electron chi connectivity index (χ4n) is 2.48. The largest absolute Gasteiger partial charge is 0.268 e. The summed E-state index contributed by atoms with van der Waals surface area (Å²) in [5.41, 5.74) is 2.60. The summed E-state index contributed by atoms with van der Waals surface area (Å²) < 4.78 is 27.0. The van der Waals surface area contributed by atoms with E-state index in [4.69, 9.17) is 0 Å². The first-order valence-corrected chi connectivity index (χ1v) is 9.47. The molecule has 6 heteroatoms. The lowest BCUT2D eigenvalue weighted by molar-refractivity contribution is 0.603. The van der Waals surface area contributed by atoms with Crippen molar-refractivity contribution in [2.45, 2.75) is 18.4 Å². The molecule has 0 saturated carbocycles. The minimum absolute atomic E-state index is 0.104. The van der Waals surface area contributed by atoms with Crippen LogP contribution in [0.1, 0.15) is 16.7 Å². The Morgan fingerprint density at radius 3 is 2.50 bits per heavy atom. The van der Waals surface area contributed by atoms with E-state index >= 15 is 0 Å². The maximum absolute atomic E-state index is 12.7. The highest BCUT2D eigenvalue weighted by atomic mass is 32.2. The molecule has 0 bridgehead atoms. The Balaban J connectivity index is 1.88. The number of aryl methyl sites for hydroxylation is 1. The molecule has 0 unspecified atom stereocenters. The third-order valence-electron chi connectivity index (χ3n) is 3.87. The minimum Gasteiger partial charge on any atom is -0.268 e. The number of hydrogen-bond acceptors (Lipinski definition) is 4. The second-order valence-corrected chi connectivity index (χ2v) is 7.81. The van der Waals surface area contributed by atoms with E-state index in [0.717, 1.165) is 11.1 Å². The number of hydrogen-bond donors (Lipinski definition) is 0. The lowest BCUT2D eigenvalue weighted by atomic mass is 10.2. The molecule has 3 aromatic rings. The van der Waals surface area contributed by atoms with Crippen LogP contribution in [-0.2, 0) is 16.4 Å². The smallest absolute Gasteiger partial charge is 0.216 e. The molecule has 0 radical (unpaired) electrons. The summed E-state index contributed by atoms with van der Waals surface area (Å²) in [6, 6.07) is 18.0. The van der Waals surface area contributed by atoms with E-state index in [1.54, 1.807) is 35.3 Å². The Labute approximate surface area is 152 Å². The topological polar surface area (TPSA) is 75.8 Å². The van der Waals surface area contributed by atoms with E-state index in [0.29, 0.717) is 12.1 Å². The third-order valence-corrected chi connectivity index (χ3v) is 5.55. The molecule has 0 saturated heterocycles. The van der Waals surface area contributed by atoms with Crippen LogP contribution in [0.5, 0.6) is 0 Å². The van der Waals surface area contributed by atoms with Gasteiger partial charge in [-0.1, -0.05) is 48.0 Å². The van der Waals surface area contributed by atoms with E-state index in [1.807, 2.05) is 37.3 Å². The summed E-state index contributed by atoms with van der Waals surface area (Å²) in [6.45, 7) is 2.44. The normalized spacial score (nSPS) is 11.9. The number of nitriles is 1. The van der Waals surface area contributed by atoms with Crippen LogP contribution >= 0.6 is 0 Å². The zero-order valence-corrected chi connectivity index (χ0v) is 15.0. The van der Waals surface area contributed by atoms with Crippen molar-refractivity contribution in [3.8, 4) is 6.07 Å². The fraction of sp³-hybridized carbons (Fsp3) is 0.100. The maximum Gasteiger partial charge on any atom is 0.216 e. The predicted molar refractivity (Wildman–Crippen MR) is 99.7 cm³/mol. The van der Waals surface area contributed by atoms with Crippen LogP contribution < -0.4 is 0 Å². The van der Waals surface area contributed by atoms with Gasteiger partial charge in [-0.2, -0.15) is 10.4 Å². The lowest BCUT2D eigenvalue weighted by Crippen LogP contribution is -2.03. The maximum atomic E-state index is 12.7. The van der Waals surface area contributed by atoms with Crippen molar-refractivity contribution >= 4 is 15.9 Å². The van der Waals surface area contributed by atoms with Gasteiger partial charge in [0, 0.05) is 11.8 Å². The fourth-order valence-corrected chi connectivity index (χ4v) is 3.64. The summed E-state index contributed by atoms with van der Waals surface area (Å²) in [5.74, 6) is 0. The van der Waals surface area contributed by atoms with E-state index in [2.05, 4.69) is 5.10 Å². The van der Waals surface area contributed by atoms with Crippen LogP contribution in [0.4, 0.5) is 0 Å². The van der Waals surface area contributed by atoms with E-state index in [9.17, 15) is 13.7 Å². The molecule has 0 fully saturated rings. The predicted octanol–water partition coefficient (Wildman–Crippen LogP) is 3.58. The Morgan fingerprint density at radius 1 is 1.15 bits per heavy atom. The molecule has 1 aromatic heterocycles. The highest BCUT2D eigenvalue weighted by Crippen LogP contribution is 2.21. The molecular weight excluding hydrogens is 346 g/mol. The van der Waals surface area contributed by atoms with Gasteiger partial charge in [0.2, 0.25) is 9.84 Å². The first-order valence-electron chi connectivity index (χ1n) is 7.99. The summed E-state index contributed by atoms with van der Waals surface area (Å²) in [4.78, 5) is -0.201. The molecule has 0 amide bonds. The molecule has 1 heterocycles. The average molecular weight is 363 g/mol. The molecule has 3 rings (SSSR count). The Hall–Kier alpha value is -3.17. The van der Waals surface area contributed by atoms with Crippen molar-refractivity contribution in [2.75, 3.05) is 0 Å². The van der Waals surface area contributed by atoms with Gasteiger partial charge in [-0.15, -0.1) is 0 Å². The van der Waals surface area contributed by atoms with Gasteiger partial charge < -0.3 is 0 Å². The van der Waals surface area contributed by atoms with Crippen molar-refractivity contribution in [2.24, 2.45) is 0 Å². The summed E-state index contributed by atoms with van der Waals surface area (Å²) in [6.07, 6.45) is 4.61. The number of rotatable bonds is 5. The number of allylic oxidation sites excluding steroid dienone is 1. The zero-order chi connectivity index (χ0) is 18.6. The van der Waals surface area contributed by atoms with Crippen LogP contribution in [0.15, 0.2) is 76.8 Å². The van der Waals surface area contributed by atoms with Crippen molar-refractivity contribution < 1.29 is 8.42 Å². The second-order valence-electron chi connectivity index (χ2n) is 5.89. The number of sulfone groups is 1. The molecule has 0 atom stereocenters. The summed E-state index contributed by atoms with van der Waals surface area (Å²) in [5, 5.41) is 13.6. The molecule has 0 spiro atoms. The molecule has 0 N–H and O–H groups in total. The van der Waals surface area contributed by atoms with Gasteiger partial charge in [0.15, 0.2) is 0 Å². The molecule has 0 aliphatic heterocycles. The van der Waals surface area contributed by atoms with Crippen LogP contribution in [0.25, 0.3) is 6.08 Å². The lowest BCUT2D eigenvalue weighted by Gasteiger charge is -2.03. The van der Waals surface area contributed by atoms with Gasteiger partial charge in [0.25, 0.3) is 0 Å². The molecule has 0 aliphatic carbocycles. The second kappa shape index (κ2) is 7.38. The number of nitrogens with zero attached hydrogens (tertiary/aromatic N) is 3. The van der Waals surface area contributed by atoms with Crippen LogP contribution in [0.2, 0.25) is 0 Å². The van der Waals surface area contributed by atoms with Crippen LogP contribution in [-0.4, -0.2) is 18.2 Å². The monoisotopic (exact) mass is 363 g/mol. The standard InChI is InChI=1S/C20H17N3O2S/c1-16-7-9-19(10-8-16)26(24,25)20(12-21)11-18-13-22-23(15-18)14-17-5-3-2-4-6-17/h2-11,13,15H,14H2,1H3. The first-order chi connectivity index (χ1) is 12.5. The minimum atomic E-state index is -3.85. The average Bonchev–Trinajstić information content (AvgIpc) is 3.08. The van der Waals surface area contributed by atoms with Gasteiger partial charge in [-0.3, -0.25) is 4.68 Å². The molecular formula is C20H17N3O2S. The SMILES string of the molecule is Cc1ccc(S(=O)(=O)C(C#N)=Cc2cnn(Cc3ccccc3)c2)cc1. The number of aromatic nitrogens is 2. The number of benzene rings is 2. The van der Waals surface area contributed by atoms with E-state index < -0.39 is 9.84 Å². The van der Waals surface area contributed by atoms with Gasteiger partial charge in [0.1, 0.15) is 11.0 Å². The van der Waals surface area contributed by atoms with Gasteiger partial charge in [-0.25, -0.2) is 8.42 Å². The Bertz CT molecular complexity index is 1070. The van der Waals surface area contributed by atoms with E-state index in [1.165, 1.54) is 18.2 Å². The van der Waals surface area contributed by atoms with Crippen LogP contribution in [0, 0.1) is 18.3 Å². The van der Waals surface area contributed by atoms with Gasteiger partial charge >= 0.3 is 0 Å². The van der Waals surface area contributed by atoms with E-state index in [-0.39, 0.29) is 9.80 Å². The van der Waals surface area contributed by atoms with Crippen molar-refractivity contribution in [1.82, 2.24) is 9.78 Å². The first kappa shape index (κ1) is 17.6. The molecule has 5 nitrogen and oxygen atoms in total. The third kappa shape index (κ3) is 3.90. The highest BCUT2D eigenvalue weighted by molar-refractivity contribution is 7.95. The molecule has 26 heavy (non-hydrogen) atoms. The van der Waals surface area contributed by atoms with Crippen molar-refractivity contribution in [1.29, 1.82) is 5.26 Å².